The molecular formula is C11H11F3N2O3. The predicted molar refractivity (Wildman–Crippen MR) is 60.0 cm³/mol. The zero-order valence-electron chi connectivity index (χ0n) is 9.84. The van der Waals surface area contributed by atoms with E-state index in [1.54, 1.807) is 0 Å². The molecule has 1 atom stereocenters. The quantitative estimate of drug-likeness (QED) is 0.704. The summed E-state index contributed by atoms with van der Waals surface area (Å²) in [6.45, 7) is 0.902. The molecule has 104 valence electrons. The Morgan fingerprint density at radius 3 is 2.47 bits per heavy atom. The van der Waals surface area contributed by atoms with E-state index in [1.807, 2.05) is 5.32 Å². The van der Waals surface area contributed by atoms with Crippen LogP contribution in [0.25, 0.3) is 0 Å². The number of anilines is 1. The number of amides is 1. The maximum absolute atomic E-state index is 13.2. The summed E-state index contributed by atoms with van der Waals surface area (Å²) in [5.74, 6) is -6.51. The average Bonchev–Trinajstić information content (AvgIpc) is 2.36. The van der Waals surface area contributed by atoms with Crippen molar-refractivity contribution in [1.82, 2.24) is 5.32 Å². The van der Waals surface area contributed by atoms with Crippen LogP contribution >= 0.6 is 0 Å². The van der Waals surface area contributed by atoms with Crippen molar-refractivity contribution in [1.29, 1.82) is 0 Å². The molecule has 1 aromatic carbocycles. The molecule has 0 bridgehead atoms. The number of aliphatic carboxylic acids is 1. The highest BCUT2D eigenvalue weighted by molar-refractivity contribution is 5.92. The molecule has 0 spiro atoms. The fourth-order valence-corrected chi connectivity index (χ4v) is 1.15. The Bertz CT molecular complexity index is 508. The second-order valence-electron chi connectivity index (χ2n) is 3.71. The molecule has 0 heterocycles. The number of hydrogen-bond acceptors (Lipinski definition) is 3. The second kappa shape index (κ2) is 6.19. The van der Waals surface area contributed by atoms with Crippen LogP contribution in [0, 0.1) is 17.5 Å². The molecular weight excluding hydrogens is 265 g/mol. The number of halogens is 3. The summed E-state index contributed by atoms with van der Waals surface area (Å²) in [4.78, 5) is 21.8. The third-order valence-electron chi connectivity index (χ3n) is 2.25. The first-order valence-corrected chi connectivity index (χ1v) is 5.22. The van der Waals surface area contributed by atoms with Crippen molar-refractivity contribution < 1.29 is 27.9 Å². The molecule has 0 radical (unpaired) electrons. The number of hydrogen-bond donors (Lipinski definition) is 3. The molecule has 1 rings (SSSR count). The SMILES string of the molecule is CC(NCC(=O)Nc1ccc(F)c(F)c1F)C(=O)O. The number of rotatable bonds is 5. The van der Waals surface area contributed by atoms with Crippen LogP contribution in [0.5, 0.6) is 0 Å². The summed E-state index contributed by atoms with van der Waals surface area (Å²) in [7, 11) is 0. The zero-order chi connectivity index (χ0) is 14.6. The summed E-state index contributed by atoms with van der Waals surface area (Å²) >= 11 is 0. The van der Waals surface area contributed by atoms with Gasteiger partial charge in [-0.3, -0.25) is 14.9 Å². The van der Waals surface area contributed by atoms with Gasteiger partial charge in [0.25, 0.3) is 0 Å². The van der Waals surface area contributed by atoms with Crippen molar-refractivity contribution in [2.24, 2.45) is 0 Å². The number of carboxylic acid groups (broad SMARTS) is 1. The van der Waals surface area contributed by atoms with Gasteiger partial charge in [-0.25, -0.2) is 13.2 Å². The highest BCUT2D eigenvalue weighted by Gasteiger charge is 2.16. The lowest BCUT2D eigenvalue weighted by molar-refractivity contribution is -0.139. The van der Waals surface area contributed by atoms with Crippen LogP contribution in [-0.2, 0) is 9.59 Å². The van der Waals surface area contributed by atoms with Crippen LogP contribution in [-0.4, -0.2) is 29.6 Å². The minimum absolute atomic E-state index is 0.411. The Labute approximate surface area is 106 Å². The third kappa shape index (κ3) is 3.95. The summed E-state index contributed by atoms with van der Waals surface area (Å²) < 4.78 is 38.7. The van der Waals surface area contributed by atoms with Gasteiger partial charge in [-0.15, -0.1) is 0 Å². The predicted octanol–water partition coefficient (Wildman–Crippen LogP) is 1.11. The van der Waals surface area contributed by atoms with Crippen molar-refractivity contribution in [3.05, 3.63) is 29.6 Å². The number of nitrogens with one attached hydrogen (secondary N) is 2. The van der Waals surface area contributed by atoms with Crippen molar-refractivity contribution in [3.8, 4) is 0 Å². The standard InChI is InChI=1S/C11H11F3N2O3/c1-5(11(18)19)15-4-8(17)16-7-3-2-6(12)9(13)10(7)14/h2-3,5,15H,4H2,1H3,(H,16,17)(H,18,19). The van der Waals surface area contributed by atoms with Gasteiger partial charge in [0, 0.05) is 0 Å². The highest BCUT2D eigenvalue weighted by atomic mass is 19.2. The molecule has 0 aromatic heterocycles. The number of benzene rings is 1. The van der Waals surface area contributed by atoms with Crippen LogP contribution in [0.1, 0.15) is 6.92 Å². The fraction of sp³-hybridized carbons (Fsp3) is 0.273. The van der Waals surface area contributed by atoms with Gasteiger partial charge >= 0.3 is 5.97 Å². The molecule has 0 fully saturated rings. The van der Waals surface area contributed by atoms with Crippen LogP contribution in [0.15, 0.2) is 12.1 Å². The molecule has 5 nitrogen and oxygen atoms in total. The third-order valence-corrected chi connectivity index (χ3v) is 2.25. The summed E-state index contributed by atoms with van der Waals surface area (Å²) in [5, 5.41) is 12.9. The molecule has 3 N–H and O–H groups in total. The molecule has 0 aliphatic heterocycles. The van der Waals surface area contributed by atoms with E-state index >= 15 is 0 Å². The summed E-state index contributed by atoms with van der Waals surface area (Å²) in [6, 6.07) is 0.564. The van der Waals surface area contributed by atoms with Crippen LogP contribution in [0.4, 0.5) is 18.9 Å². The van der Waals surface area contributed by atoms with Gasteiger partial charge in [0.15, 0.2) is 17.5 Å². The van der Waals surface area contributed by atoms with Crippen LogP contribution in [0.2, 0.25) is 0 Å². The first-order valence-electron chi connectivity index (χ1n) is 5.22. The molecule has 1 unspecified atom stereocenters. The van der Waals surface area contributed by atoms with Crippen LogP contribution < -0.4 is 10.6 Å². The maximum atomic E-state index is 13.2. The van der Waals surface area contributed by atoms with E-state index in [0.717, 1.165) is 6.07 Å². The molecule has 8 heteroatoms. The minimum atomic E-state index is -1.69. The lowest BCUT2D eigenvalue weighted by Crippen LogP contribution is -2.39. The largest absolute Gasteiger partial charge is 0.480 e. The van der Waals surface area contributed by atoms with Gasteiger partial charge in [0.2, 0.25) is 5.91 Å². The first kappa shape index (κ1) is 15.0. The Morgan fingerprint density at radius 1 is 1.26 bits per heavy atom. The van der Waals surface area contributed by atoms with Crippen molar-refractivity contribution in [2.45, 2.75) is 13.0 Å². The molecule has 19 heavy (non-hydrogen) atoms. The molecule has 0 saturated heterocycles. The highest BCUT2D eigenvalue weighted by Crippen LogP contribution is 2.19. The lowest BCUT2D eigenvalue weighted by atomic mass is 10.2. The van der Waals surface area contributed by atoms with Crippen molar-refractivity contribution in [3.63, 3.8) is 0 Å². The van der Waals surface area contributed by atoms with Crippen molar-refractivity contribution >= 4 is 17.6 Å². The molecule has 1 aromatic rings. The second-order valence-corrected chi connectivity index (χ2v) is 3.71. The normalized spacial score (nSPS) is 12.0. The average molecular weight is 276 g/mol. The summed E-state index contributed by atoms with van der Waals surface area (Å²) in [5.41, 5.74) is -0.520. The monoisotopic (exact) mass is 276 g/mol. The maximum Gasteiger partial charge on any atom is 0.320 e. The Kier molecular flexibility index (Phi) is 4.87. The van der Waals surface area contributed by atoms with E-state index in [-0.39, 0.29) is 0 Å². The van der Waals surface area contributed by atoms with Gasteiger partial charge in [0.1, 0.15) is 6.04 Å². The first-order chi connectivity index (χ1) is 8.82. The number of carbonyl (C=O) groups is 2. The fourth-order valence-electron chi connectivity index (χ4n) is 1.15. The molecule has 0 aliphatic rings. The Balaban J connectivity index is 2.63. The van der Waals surface area contributed by atoms with E-state index < -0.39 is 47.6 Å². The topological polar surface area (TPSA) is 78.4 Å². The number of carbonyl (C=O) groups excluding carboxylic acids is 1. The van der Waals surface area contributed by atoms with E-state index in [1.165, 1.54) is 6.92 Å². The molecule has 0 saturated carbocycles. The van der Waals surface area contributed by atoms with Gasteiger partial charge in [0.05, 0.1) is 12.2 Å². The number of carboxylic acids is 1. The van der Waals surface area contributed by atoms with Gasteiger partial charge in [-0.05, 0) is 19.1 Å². The molecule has 0 aliphatic carbocycles. The minimum Gasteiger partial charge on any atom is -0.480 e. The summed E-state index contributed by atoms with van der Waals surface area (Å²) in [6.07, 6.45) is 0. The van der Waals surface area contributed by atoms with E-state index in [9.17, 15) is 22.8 Å². The van der Waals surface area contributed by atoms with E-state index in [2.05, 4.69) is 5.32 Å². The van der Waals surface area contributed by atoms with E-state index in [4.69, 9.17) is 5.11 Å². The zero-order valence-corrected chi connectivity index (χ0v) is 9.84. The molecule has 1 amide bonds. The van der Waals surface area contributed by atoms with Gasteiger partial charge < -0.3 is 10.4 Å². The van der Waals surface area contributed by atoms with Crippen molar-refractivity contribution in [2.75, 3.05) is 11.9 Å². The van der Waals surface area contributed by atoms with Crippen LogP contribution in [0.3, 0.4) is 0 Å². The smallest absolute Gasteiger partial charge is 0.320 e. The lowest BCUT2D eigenvalue weighted by Gasteiger charge is -2.10. The van der Waals surface area contributed by atoms with Gasteiger partial charge in [-0.1, -0.05) is 0 Å². The Morgan fingerprint density at radius 2 is 1.89 bits per heavy atom. The van der Waals surface area contributed by atoms with E-state index in [0.29, 0.717) is 6.07 Å². The van der Waals surface area contributed by atoms with Gasteiger partial charge in [-0.2, -0.15) is 0 Å². The Hall–Kier alpha value is -2.09.